The summed E-state index contributed by atoms with van der Waals surface area (Å²) in [5.74, 6) is -4.31. The third-order valence-corrected chi connectivity index (χ3v) is 11.7. The average molecular weight is 885 g/mol. The van der Waals surface area contributed by atoms with Gasteiger partial charge in [0.15, 0.2) is 23.6 Å². The maximum Gasteiger partial charge on any atom is 0.407 e. The number of methoxy groups -OCH3 is 1. The van der Waals surface area contributed by atoms with Crippen LogP contribution in [0.4, 0.5) is 10.5 Å². The molecule has 2 fully saturated rings. The number of aromatic hydroxyl groups is 2. The summed E-state index contributed by atoms with van der Waals surface area (Å²) in [6, 6.07) is 6.49. The lowest BCUT2D eigenvalue weighted by atomic mass is 9.72. The summed E-state index contributed by atoms with van der Waals surface area (Å²) in [5, 5.41) is 100. The molecule has 22 heteroatoms. The lowest BCUT2D eigenvalue weighted by Crippen LogP contribution is -2.60. The van der Waals surface area contributed by atoms with Gasteiger partial charge in [-0.2, -0.15) is 0 Å². The van der Waals surface area contributed by atoms with Gasteiger partial charge in [-0.05, 0) is 31.5 Å². The number of nitrogens with one attached hydrogen (secondary N) is 1. The van der Waals surface area contributed by atoms with Crippen LogP contribution in [0.3, 0.4) is 0 Å². The molecular formula is C41H44N2O20. The van der Waals surface area contributed by atoms with Crippen molar-refractivity contribution in [2.75, 3.05) is 13.7 Å². The van der Waals surface area contributed by atoms with Crippen LogP contribution in [0.2, 0.25) is 0 Å². The molecule has 10 unspecified atom stereocenters. The zero-order valence-electron chi connectivity index (χ0n) is 33.7. The average Bonchev–Trinajstić information content (AvgIpc) is 3.24. The quantitative estimate of drug-likeness (QED) is 0.0547. The molecule has 3 aromatic rings. The van der Waals surface area contributed by atoms with Gasteiger partial charge >= 0.3 is 11.8 Å². The molecule has 1 amide bonds. The number of amides is 1. The molecule has 63 heavy (non-hydrogen) atoms. The number of aliphatic hydroxyl groups excluding tert-OH is 5. The van der Waals surface area contributed by atoms with Crippen LogP contribution in [0.15, 0.2) is 36.4 Å². The maximum absolute atomic E-state index is 14.0. The van der Waals surface area contributed by atoms with E-state index in [0.29, 0.717) is 0 Å². The van der Waals surface area contributed by atoms with Gasteiger partial charge in [0.05, 0.1) is 53.6 Å². The van der Waals surface area contributed by atoms with Crippen molar-refractivity contribution in [1.29, 1.82) is 0 Å². The number of aliphatic hydroxyl groups is 6. The van der Waals surface area contributed by atoms with Crippen molar-refractivity contribution in [2.24, 2.45) is 0 Å². The summed E-state index contributed by atoms with van der Waals surface area (Å²) in [6.45, 7) is 1.23. The van der Waals surface area contributed by atoms with Crippen molar-refractivity contribution in [2.45, 2.75) is 107 Å². The Kier molecular flexibility index (Phi) is 12.5. The number of carbonyl (C=O) groups is 4. The molecule has 22 nitrogen and oxygen atoms in total. The van der Waals surface area contributed by atoms with Gasteiger partial charge < -0.3 is 74.6 Å². The number of benzene rings is 3. The highest BCUT2D eigenvalue weighted by Gasteiger charge is 2.50. The molecule has 9 N–H and O–H groups in total. The van der Waals surface area contributed by atoms with Gasteiger partial charge in [0.25, 0.3) is 0 Å². The maximum atomic E-state index is 14.0. The van der Waals surface area contributed by atoms with Crippen molar-refractivity contribution >= 4 is 29.1 Å². The minimum Gasteiger partial charge on any atom is -0.507 e. The summed E-state index contributed by atoms with van der Waals surface area (Å²) >= 11 is 0. The number of fused-ring (bicyclic) bond motifs is 3. The number of ketones is 3. The number of hydrogen-bond acceptors (Lipinski definition) is 20. The molecule has 0 radical (unpaired) electrons. The van der Waals surface area contributed by atoms with Crippen LogP contribution < -0.4 is 14.8 Å². The second kappa shape index (κ2) is 17.4. The van der Waals surface area contributed by atoms with Crippen molar-refractivity contribution < 1.29 is 93.4 Å². The van der Waals surface area contributed by atoms with E-state index in [1.165, 1.54) is 38.3 Å². The van der Waals surface area contributed by atoms with Crippen molar-refractivity contribution in [1.82, 2.24) is 5.32 Å². The van der Waals surface area contributed by atoms with Gasteiger partial charge in [0, 0.05) is 42.0 Å². The van der Waals surface area contributed by atoms with Crippen molar-refractivity contribution in [3.05, 3.63) is 85.5 Å². The molecule has 2 saturated heterocycles. The molecule has 0 bridgehead atoms. The fourth-order valence-electron chi connectivity index (χ4n) is 8.29. The molecule has 11 atom stereocenters. The second-order valence-corrected chi connectivity index (χ2v) is 15.7. The van der Waals surface area contributed by atoms with Crippen molar-refractivity contribution in [3.63, 3.8) is 0 Å². The minimum atomic E-state index is -2.20. The molecular weight excluding hydrogens is 840 g/mol. The normalized spacial score (nSPS) is 30.0. The predicted octanol–water partition coefficient (Wildman–Crippen LogP) is 0.0835. The lowest BCUT2D eigenvalue weighted by molar-refractivity contribution is -0.387. The molecule has 0 aromatic heterocycles. The number of nitro benzene ring substituents is 1. The van der Waals surface area contributed by atoms with Gasteiger partial charge in [0.1, 0.15) is 60.0 Å². The number of rotatable bonds is 11. The Hall–Kier alpha value is -5.82. The highest BCUT2D eigenvalue weighted by Crippen LogP contribution is 2.52. The van der Waals surface area contributed by atoms with Crippen LogP contribution in [-0.4, -0.2) is 144 Å². The monoisotopic (exact) mass is 884 g/mol. The number of Topliss-reactive ketones (excluding diaryl/α,β-unsaturated/α-hetero) is 1. The number of phenols is 2. The topological polar surface area (TPSA) is 341 Å². The Balaban J connectivity index is 1.08. The van der Waals surface area contributed by atoms with Crippen LogP contribution in [0.25, 0.3) is 0 Å². The van der Waals surface area contributed by atoms with E-state index in [2.05, 4.69) is 5.32 Å². The van der Waals surface area contributed by atoms with E-state index in [1.807, 2.05) is 0 Å². The summed E-state index contributed by atoms with van der Waals surface area (Å²) in [4.78, 5) is 64.7. The molecule has 2 aliphatic carbocycles. The Labute approximate surface area is 356 Å². The van der Waals surface area contributed by atoms with Gasteiger partial charge in [-0.1, -0.05) is 18.2 Å². The summed E-state index contributed by atoms with van der Waals surface area (Å²) in [6.07, 6.45) is -16.1. The minimum absolute atomic E-state index is 0.0334. The standard InChI is InChI=1S/C41H44N2O20/c1-15-31(46)20(42-40(54)59-14-17-7-8-22(21(9-17)43(56)57)62-39-38(53)37(52)34(49)25(13-44)63-39)10-26(60-15)61-24-12-41(55,16(2)45)11-19-28(24)36(51)30-29(33(19)48)32(47)18-5-4-6-23(58-3)27(18)35(30)50/h4-9,15,20,24-26,31,34,37-39,44,46,48-49,51-53,55H,10-14H2,1-3H3,(H,42,54)/t15?,20?,24?,25?,26?,31?,34?,37?,38?,39?,41-/m0/s1. The predicted molar refractivity (Wildman–Crippen MR) is 207 cm³/mol. The van der Waals surface area contributed by atoms with Crippen LogP contribution >= 0.6 is 0 Å². The first-order chi connectivity index (χ1) is 29.8. The van der Waals surface area contributed by atoms with Crippen LogP contribution in [0.5, 0.6) is 23.0 Å². The summed E-state index contributed by atoms with van der Waals surface area (Å²) in [5.41, 5.74) is -4.56. The first-order valence-corrected chi connectivity index (χ1v) is 19.6. The number of ether oxygens (including phenoxy) is 6. The fourth-order valence-corrected chi connectivity index (χ4v) is 8.29. The highest BCUT2D eigenvalue weighted by molar-refractivity contribution is 6.31. The van der Waals surface area contributed by atoms with E-state index in [4.69, 9.17) is 28.4 Å². The third-order valence-electron chi connectivity index (χ3n) is 11.7. The van der Waals surface area contributed by atoms with E-state index >= 15 is 0 Å². The van der Waals surface area contributed by atoms with E-state index in [1.54, 1.807) is 0 Å². The molecule has 2 heterocycles. The summed E-state index contributed by atoms with van der Waals surface area (Å²) in [7, 11) is 1.28. The Morgan fingerprint density at radius 1 is 0.952 bits per heavy atom. The number of alkyl carbamates (subject to hydrolysis) is 1. The summed E-state index contributed by atoms with van der Waals surface area (Å²) < 4.78 is 33.4. The van der Waals surface area contributed by atoms with E-state index < -0.39 is 155 Å². The molecule has 3 aromatic carbocycles. The SMILES string of the molecule is COc1cccc2c1C(=O)c1c(O)c3c(c(O)c1C2=O)C[C@@](O)(C(C)=O)CC3OC1CC(NC(=O)OCc2ccc(OC3OC(CO)C(O)C(O)C3O)c([N+](=O)[O-])c2)C(O)C(C)O1. The lowest BCUT2D eigenvalue weighted by Gasteiger charge is -2.42. The number of hydrogen-bond donors (Lipinski definition) is 9. The van der Waals surface area contributed by atoms with Gasteiger partial charge in [0.2, 0.25) is 12.1 Å². The van der Waals surface area contributed by atoms with E-state index in [9.17, 15) is 70.1 Å². The largest absolute Gasteiger partial charge is 0.507 e. The molecule has 2 aliphatic heterocycles. The Morgan fingerprint density at radius 3 is 2.33 bits per heavy atom. The number of phenolic OH excluding ortho intramolecular Hbond substituents is 2. The number of nitrogens with zero attached hydrogens (tertiary/aromatic N) is 1. The Bertz CT molecular complexity index is 2350. The van der Waals surface area contributed by atoms with Crippen LogP contribution in [-0.2, 0) is 36.8 Å². The first kappa shape index (κ1) is 45.2. The Morgan fingerprint density at radius 2 is 1.67 bits per heavy atom. The molecule has 0 saturated carbocycles. The zero-order valence-corrected chi connectivity index (χ0v) is 33.7. The van der Waals surface area contributed by atoms with Crippen LogP contribution in [0, 0.1) is 10.1 Å². The third kappa shape index (κ3) is 8.16. The smallest absolute Gasteiger partial charge is 0.407 e. The van der Waals surface area contributed by atoms with Crippen molar-refractivity contribution in [3.8, 4) is 23.0 Å². The zero-order chi connectivity index (χ0) is 45.8. The first-order valence-electron chi connectivity index (χ1n) is 19.6. The molecule has 338 valence electrons. The van der Waals surface area contributed by atoms with Gasteiger partial charge in [-0.25, -0.2) is 4.79 Å². The van der Waals surface area contributed by atoms with Gasteiger partial charge in [-0.3, -0.25) is 24.5 Å². The van der Waals surface area contributed by atoms with Gasteiger partial charge in [-0.15, -0.1) is 0 Å². The number of carbonyl (C=O) groups excluding carboxylic acids is 4. The molecule has 0 spiro atoms. The van der Waals surface area contributed by atoms with Crippen LogP contribution in [0.1, 0.15) is 81.3 Å². The molecule has 4 aliphatic rings. The van der Waals surface area contributed by atoms with E-state index in [-0.39, 0.29) is 40.0 Å². The second-order valence-electron chi connectivity index (χ2n) is 15.7. The fraction of sp³-hybridized carbons (Fsp3) is 0.463. The number of nitro groups is 1. The van der Waals surface area contributed by atoms with E-state index in [0.717, 1.165) is 19.1 Å². The highest BCUT2D eigenvalue weighted by atomic mass is 16.7. The molecule has 7 rings (SSSR count).